The maximum absolute atomic E-state index is 12.4. The number of aromatic nitrogens is 1. The van der Waals surface area contributed by atoms with Crippen molar-refractivity contribution in [3.8, 4) is 6.07 Å². The van der Waals surface area contributed by atoms with Crippen LogP contribution in [0.3, 0.4) is 0 Å². The number of nitriles is 1. The summed E-state index contributed by atoms with van der Waals surface area (Å²) in [6, 6.07) is 13.6. The van der Waals surface area contributed by atoms with E-state index in [0.29, 0.717) is 0 Å². The van der Waals surface area contributed by atoms with Crippen molar-refractivity contribution in [2.75, 3.05) is 0 Å². The van der Waals surface area contributed by atoms with Gasteiger partial charge in [0, 0.05) is 5.69 Å². The zero-order valence-electron chi connectivity index (χ0n) is 11.3. The van der Waals surface area contributed by atoms with E-state index in [9.17, 15) is 4.79 Å². The Labute approximate surface area is 112 Å². The van der Waals surface area contributed by atoms with Crippen LogP contribution < -0.4 is 5.56 Å². The predicted octanol–water partition coefficient (Wildman–Crippen LogP) is 2.95. The van der Waals surface area contributed by atoms with Crippen molar-refractivity contribution >= 4 is 0 Å². The largest absolute Gasteiger partial charge is 0.305 e. The molecule has 2 rings (SSSR count). The Bertz CT molecular complexity index is 693. The summed E-state index contributed by atoms with van der Waals surface area (Å²) >= 11 is 0. The third kappa shape index (κ3) is 2.30. The molecule has 0 N–H and O–H groups in total. The Kier molecular flexibility index (Phi) is 3.52. The molecule has 96 valence electrons. The Morgan fingerprint density at radius 3 is 2.42 bits per heavy atom. The number of hydrogen-bond acceptors (Lipinski definition) is 2. The third-order valence-electron chi connectivity index (χ3n) is 3.41. The lowest BCUT2D eigenvalue weighted by Gasteiger charge is -2.19. The van der Waals surface area contributed by atoms with Gasteiger partial charge < -0.3 is 4.57 Å². The van der Waals surface area contributed by atoms with E-state index in [1.54, 1.807) is 11.5 Å². The fraction of sp³-hybridized carbons (Fsp3) is 0.250. The van der Waals surface area contributed by atoms with Crippen molar-refractivity contribution in [1.82, 2.24) is 4.57 Å². The number of aryl methyl sites for hydroxylation is 2. The molecule has 3 nitrogen and oxygen atoms in total. The second-order valence-corrected chi connectivity index (χ2v) is 4.72. The van der Waals surface area contributed by atoms with E-state index in [4.69, 9.17) is 5.26 Å². The van der Waals surface area contributed by atoms with E-state index < -0.39 is 0 Å². The lowest BCUT2D eigenvalue weighted by atomic mass is 10.1. The van der Waals surface area contributed by atoms with Crippen molar-refractivity contribution < 1.29 is 0 Å². The van der Waals surface area contributed by atoms with Gasteiger partial charge in [-0.1, -0.05) is 30.3 Å². The van der Waals surface area contributed by atoms with Gasteiger partial charge in [-0.3, -0.25) is 4.79 Å². The molecule has 0 saturated heterocycles. The highest BCUT2D eigenvalue weighted by atomic mass is 16.1. The molecule has 19 heavy (non-hydrogen) atoms. The first-order valence-electron chi connectivity index (χ1n) is 6.24. The summed E-state index contributed by atoms with van der Waals surface area (Å²) in [4.78, 5) is 12.4. The molecule has 3 heteroatoms. The molecular weight excluding hydrogens is 236 g/mol. The summed E-state index contributed by atoms with van der Waals surface area (Å²) in [6.45, 7) is 5.67. The van der Waals surface area contributed by atoms with Gasteiger partial charge in [-0.2, -0.15) is 5.26 Å². The normalized spacial score (nSPS) is 11.9. The predicted molar refractivity (Wildman–Crippen MR) is 75.1 cm³/mol. The SMILES string of the molecule is Cc1cc(C)n(C(C)c2ccccc2)c(=O)c1C#N. The first-order chi connectivity index (χ1) is 9.06. The van der Waals surface area contributed by atoms with Gasteiger partial charge in [0.25, 0.3) is 5.56 Å². The highest BCUT2D eigenvalue weighted by Gasteiger charge is 2.15. The summed E-state index contributed by atoms with van der Waals surface area (Å²) in [6.07, 6.45) is 0. The van der Waals surface area contributed by atoms with Crippen molar-refractivity contribution in [2.24, 2.45) is 0 Å². The average Bonchev–Trinajstić information content (AvgIpc) is 2.39. The van der Waals surface area contributed by atoms with E-state index in [1.807, 2.05) is 56.3 Å². The van der Waals surface area contributed by atoms with Gasteiger partial charge in [-0.15, -0.1) is 0 Å². The topological polar surface area (TPSA) is 45.8 Å². The standard InChI is InChI=1S/C16H16N2O/c1-11-9-12(2)18(16(19)15(11)10-17)13(3)14-7-5-4-6-8-14/h4-9,13H,1-3H3. The minimum atomic E-state index is -0.212. The molecule has 0 bridgehead atoms. The Morgan fingerprint density at radius 2 is 1.84 bits per heavy atom. The summed E-state index contributed by atoms with van der Waals surface area (Å²) in [5, 5.41) is 9.10. The van der Waals surface area contributed by atoms with Crippen LogP contribution in [-0.2, 0) is 0 Å². The molecule has 0 amide bonds. The molecule has 0 radical (unpaired) electrons. The van der Waals surface area contributed by atoms with Gasteiger partial charge in [0.15, 0.2) is 0 Å². The molecule has 1 heterocycles. The van der Waals surface area contributed by atoms with Crippen LogP contribution in [0.15, 0.2) is 41.2 Å². The first kappa shape index (κ1) is 13.1. The van der Waals surface area contributed by atoms with Crippen molar-refractivity contribution in [2.45, 2.75) is 26.8 Å². The molecule has 0 saturated carbocycles. The smallest absolute Gasteiger partial charge is 0.269 e. The molecule has 1 atom stereocenters. The second-order valence-electron chi connectivity index (χ2n) is 4.72. The molecule has 0 aliphatic carbocycles. The number of nitrogens with zero attached hydrogens (tertiary/aromatic N) is 2. The van der Waals surface area contributed by atoms with Crippen LogP contribution in [0.4, 0.5) is 0 Å². The number of benzene rings is 1. The van der Waals surface area contributed by atoms with Crippen LogP contribution in [0.1, 0.15) is 35.3 Å². The minimum Gasteiger partial charge on any atom is -0.305 e. The van der Waals surface area contributed by atoms with Gasteiger partial charge in [-0.05, 0) is 38.0 Å². The van der Waals surface area contributed by atoms with E-state index in [-0.39, 0.29) is 17.2 Å². The Morgan fingerprint density at radius 1 is 1.21 bits per heavy atom. The summed E-state index contributed by atoms with van der Waals surface area (Å²) in [5.41, 5.74) is 2.68. The van der Waals surface area contributed by atoms with Crippen molar-refractivity contribution in [1.29, 1.82) is 5.26 Å². The third-order valence-corrected chi connectivity index (χ3v) is 3.41. The van der Waals surface area contributed by atoms with Gasteiger partial charge >= 0.3 is 0 Å². The number of hydrogen-bond donors (Lipinski definition) is 0. The highest BCUT2D eigenvalue weighted by molar-refractivity contribution is 5.37. The van der Waals surface area contributed by atoms with E-state index in [2.05, 4.69) is 0 Å². The van der Waals surface area contributed by atoms with Crippen LogP contribution in [0.25, 0.3) is 0 Å². The second kappa shape index (κ2) is 5.11. The molecule has 2 aromatic rings. The van der Waals surface area contributed by atoms with Crippen LogP contribution in [0, 0.1) is 25.2 Å². The first-order valence-corrected chi connectivity index (χ1v) is 6.24. The summed E-state index contributed by atoms with van der Waals surface area (Å²) < 4.78 is 1.68. The van der Waals surface area contributed by atoms with Gasteiger partial charge in [0.1, 0.15) is 11.6 Å². The van der Waals surface area contributed by atoms with Crippen LogP contribution in [-0.4, -0.2) is 4.57 Å². The van der Waals surface area contributed by atoms with Crippen molar-refractivity contribution in [3.05, 3.63) is 69.1 Å². The van der Waals surface area contributed by atoms with Crippen LogP contribution >= 0.6 is 0 Å². The molecule has 0 spiro atoms. The van der Waals surface area contributed by atoms with Gasteiger partial charge in [0.2, 0.25) is 0 Å². The van der Waals surface area contributed by atoms with E-state index in [0.717, 1.165) is 16.8 Å². The monoisotopic (exact) mass is 252 g/mol. The molecular formula is C16H16N2O. The fourth-order valence-corrected chi connectivity index (χ4v) is 2.40. The van der Waals surface area contributed by atoms with E-state index in [1.165, 1.54) is 0 Å². The molecule has 0 aliphatic rings. The van der Waals surface area contributed by atoms with Crippen LogP contribution in [0.5, 0.6) is 0 Å². The Hall–Kier alpha value is -2.34. The minimum absolute atomic E-state index is 0.0820. The van der Waals surface area contributed by atoms with Gasteiger partial charge in [-0.25, -0.2) is 0 Å². The lowest BCUT2D eigenvalue weighted by molar-refractivity contribution is 0.594. The maximum atomic E-state index is 12.4. The van der Waals surface area contributed by atoms with Crippen molar-refractivity contribution in [3.63, 3.8) is 0 Å². The molecule has 0 fully saturated rings. The zero-order valence-corrected chi connectivity index (χ0v) is 11.3. The zero-order chi connectivity index (χ0) is 14.0. The lowest BCUT2D eigenvalue weighted by Crippen LogP contribution is -2.28. The molecule has 1 unspecified atom stereocenters. The number of pyridine rings is 1. The highest BCUT2D eigenvalue weighted by Crippen LogP contribution is 2.18. The van der Waals surface area contributed by atoms with E-state index >= 15 is 0 Å². The summed E-state index contributed by atoms with van der Waals surface area (Å²) in [7, 11) is 0. The number of rotatable bonds is 2. The molecule has 1 aromatic heterocycles. The molecule has 0 aliphatic heterocycles. The fourth-order valence-electron chi connectivity index (χ4n) is 2.40. The maximum Gasteiger partial charge on any atom is 0.269 e. The van der Waals surface area contributed by atoms with Gasteiger partial charge in [0.05, 0.1) is 6.04 Å². The molecule has 1 aromatic carbocycles. The van der Waals surface area contributed by atoms with Crippen LogP contribution in [0.2, 0.25) is 0 Å². The summed E-state index contributed by atoms with van der Waals surface area (Å²) in [5.74, 6) is 0. The Balaban J connectivity index is 2.65. The average molecular weight is 252 g/mol. The quantitative estimate of drug-likeness (QED) is 0.825.